The van der Waals surface area contributed by atoms with E-state index in [0.29, 0.717) is 3.63 Å². The summed E-state index contributed by atoms with van der Waals surface area (Å²) in [7, 11) is 2.21. The quantitative estimate of drug-likeness (QED) is 0.362. The van der Waals surface area contributed by atoms with Crippen molar-refractivity contribution in [3.8, 4) is 11.1 Å². The fraction of sp³-hybridized carbons (Fsp3) is 0.143. The summed E-state index contributed by atoms with van der Waals surface area (Å²) in [6.45, 7) is 0. The van der Waals surface area contributed by atoms with E-state index < -0.39 is 23.2 Å². The first-order valence-corrected chi connectivity index (χ1v) is 11.7. The number of halogens is 3. The average molecular weight is 524 g/mol. The molecule has 1 aromatic heterocycles. The molecule has 0 saturated heterocycles. The van der Waals surface area contributed by atoms with Gasteiger partial charge in [-0.05, 0) is 0 Å². The van der Waals surface area contributed by atoms with Crippen LogP contribution in [-0.2, 0) is 30.3 Å². The van der Waals surface area contributed by atoms with Crippen molar-refractivity contribution in [2.45, 2.75) is 10.0 Å². The van der Waals surface area contributed by atoms with Crippen molar-refractivity contribution in [2.24, 2.45) is 7.05 Å². The largest absolute Gasteiger partial charge is 1.00 e. The van der Waals surface area contributed by atoms with E-state index in [-0.39, 0.29) is 24.8 Å². The predicted octanol–water partition coefficient (Wildman–Crippen LogP) is -2.12. The summed E-state index contributed by atoms with van der Waals surface area (Å²) in [5.41, 5.74) is 5.82. The van der Waals surface area contributed by atoms with E-state index in [0.717, 1.165) is 0 Å². The van der Waals surface area contributed by atoms with Crippen LogP contribution in [0, 0.1) is 0 Å². The molecule has 3 aliphatic carbocycles. The van der Waals surface area contributed by atoms with Crippen LogP contribution in [0.2, 0.25) is 0 Å². The summed E-state index contributed by atoms with van der Waals surface area (Å²) in [5, 5.41) is 2.76. The van der Waals surface area contributed by atoms with Crippen LogP contribution in [0.3, 0.4) is 0 Å². The third-order valence-electron chi connectivity index (χ3n) is 5.07. The molecule has 1 nitrogen and oxygen atoms in total. The van der Waals surface area contributed by atoms with Crippen LogP contribution in [0.15, 0.2) is 56.3 Å². The standard InChI is InChI=1S/C16H11BrN.C5H5.2ClH.Zr/c1-18-14-9-11(17)6-7-13(14)16-12-5-3-2-4-10(12)8-15(16)18;1-2-4-5-3-1;;;/h2-9H,1H3;1-3H,4H2;2*1H;/q;;;;+2/p-2. The van der Waals surface area contributed by atoms with E-state index in [1.807, 2.05) is 0 Å². The Morgan fingerprint density at radius 2 is 1.92 bits per heavy atom. The number of nitrogens with zero attached hydrogens (tertiary/aromatic N) is 1. The Morgan fingerprint density at radius 1 is 1.12 bits per heavy atom. The van der Waals surface area contributed by atoms with Crippen molar-refractivity contribution in [2.75, 3.05) is 0 Å². The SMILES string of the molecule is Cn1c2c(c3c1=CC(Br)=C[CH]3[Zr+2][C]1=CC=CC1)-c1ccccc1C=2.[Cl-].[Cl-]. The number of aromatic nitrogens is 1. The van der Waals surface area contributed by atoms with Gasteiger partial charge in [-0.15, -0.1) is 0 Å². The predicted molar refractivity (Wildman–Crippen MR) is 99.7 cm³/mol. The first kappa shape index (κ1) is 20.1. The molecule has 1 aromatic carbocycles. The molecule has 1 unspecified atom stereocenters. The minimum atomic E-state index is -0.686. The number of allylic oxidation sites excluding steroid dienone is 6. The molecule has 0 fully saturated rings. The molecule has 26 heavy (non-hydrogen) atoms. The Hall–Kier alpha value is -0.597. The van der Waals surface area contributed by atoms with Gasteiger partial charge in [0.05, 0.1) is 0 Å². The van der Waals surface area contributed by atoms with Crippen LogP contribution < -0.4 is 35.5 Å². The second-order valence-corrected chi connectivity index (χ2v) is 11.2. The minimum absolute atomic E-state index is 0. The minimum Gasteiger partial charge on any atom is -1.00 e. The Labute approximate surface area is 185 Å². The van der Waals surface area contributed by atoms with E-state index in [2.05, 4.69) is 88.3 Å². The molecular weight excluding hydrogens is 508 g/mol. The molecule has 130 valence electrons. The van der Waals surface area contributed by atoms with Crippen molar-refractivity contribution < 1.29 is 48.0 Å². The molecule has 0 amide bonds. The van der Waals surface area contributed by atoms with Crippen molar-refractivity contribution in [3.05, 3.63) is 78.2 Å². The smallest absolute Gasteiger partial charge is 1.00 e. The van der Waals surface area contributed by atoms with Gasteiger partial charge in [0.1, 0.15) is 0 Å². The van der Waals surface area contributed by atoms with Crippen molar-refractivity contribution in [1.82, 2.24) is 4.57 Å². The normalized spacial score (nSPS) is 18.0. The first-order chi connectivity index (χ1) is 11.7. The topological polar surface area (TPSA) is 4.93 Å². The first-order valence-electron chi connectivity index (χ1n) is 8.23. The van der Waals surface area contributed by atoms with Gasteiger partial charge in [-0.1, -0.05) is 0 Å². The number of fused-ring (bicyclic) bond motifs is 5. The van der Waals surface area contributed by atoms with Gasteiger partial charge in [0, 0.05) is 0 Å². The summed E-state index contributed by atoms with van der Waals surface area (Å²) >= 11 is 3.08. The van der Waals surface area contributed by atoms with Gasteiger partial charge < -0.3 is 24.8 Å². The summed E-state index contributed by atoms with van der Waals surface area (Å²) in [6.07, 6.45) is 15.1. The molecule has 5 rings (SSSR count). The van der Waals surface area contributed by atoms with Gasteiger partial charge in [0.25, 0.3) is 0 Å². The maximum Gasteiger partial charge on any atom is -1.00 e. The van der Waals surface area contributed by atoms with E-state index in [9.17, 15) is 0 Å². The van der Waals surface area contributed by atoms with E-state index >= 15 is 0 Å². The zero-order valence-electron chi connectivity index (χ0n) is 14.1. The third kappa shape index (κ3) is 3.12. The second kappa shape index (κ2) is 7.80. The molecule has 0 saturated carbocycles. The van der Waals surface area contributed by atoms with Crippen molar-refractivity contribution >= 4 is 28.1 Å². The third-order valence-corrected chi connectivity index (χ3v) is 9.27. The Kier molecular flexibility index (Phi) is 6.04. The van der Waals surface area contributed by atoms with Gasteiger partial charge in [-0.2, -0.15) is 0 Å². The van der Waals surface area contributed by atoms with Crippen LogP contribution in [-0.4, -0.2) is 4.57 Å². The number of rotatable bonds is 2. The Bertz CT molecular complexity index is 1090. The molecule has 0 N–H and O–H groups in total. The molecule has 2 aromatic rings. The maximum atomic E-state index is 3.76. The van der Waals surface area contributed by atoms with Crippen LogP contribution >= 0.6 is 15.9 Å². The Morgan fingerprint density at radius 3 is 2.69 bits per heavy atom. The number of benzene rings is 1. The molecule has 0 radical (unpaired) electrons. The molecule has 0 spiro atoms. The second-order valence-electron chi connectivity index (χ2n) is 6.49. The van der Waals surface area contributed by atoms with Crippen LogP contribution in [0.1, 0.15) is 21.2 Å². The average Bonchev–Trinajstić information content (AvgIpc) is 3.26. The Balaban J connectivity index is 0.000000980. The van der Waals surface area contributed by atoms with Gasteiger partial charge in [-0.25, -0.2) is 0 Å². The van der Waals surface area contributed by atoms with Crippen LogP contribution in [0.5, 0.6) is 0 Å². The monoisotopic (exact) mass is 521 g/mol. The molecule has 1 heterocycles. The molecule has 1 atom stereocenters. The van der Waals surface area contributed by atoms with E-state index in [1.54, 1.807) is 8.84 Å². The molecule has 0 bridgehead atoms. The van der Waals surface area contributed by atoms with E-state index in [4.69, 9.17) is 0 Å². The van der Waals surface area contributed by atoms with Gasteiger partial charge in [-0.3, -0.25) is 0 Å². The molecule has 5 heteroatoms. The number of hydrogen-bond acceptors (Lipinski definition) is 0. The summed E-state index contributed by atoms with van der Waals surface area (Å²) in [6, 6.07) is 8.82. The molecule has 0 aliphatic heterocycles. The molecular formula is C21H16BrCl2NZr. The summed E-state index contributed by atoms with van der Waals surface area (Å²) in [4.78, 5) is 0. The fourth-order valence-electron chi connectivity index (χ4n) is 3.97. The fourth-order valence-corrected chi connectivity index (χ4v) is 8.81. The van der Waals surface area contributed by atoms with Crippen LogP contribution in [0.25, 0.3) is 23.3 Å². The van der Waals surface area contributed by atoms with Crippen molar-refractivity contribution in [1.29, 1.82) is 0 Å². The summed E-state index contributed by atoms with van der Waals surface area (Å²) < 4.78 is 5.91. The van der Waals surface area contributed by atoms with E-state index in [1.165, 1.54) is 38.3 Å². The van der Waals surface area contributed by atoms with Crippen molar-refractivity contribution in [3.63, 3.8) is 0 Å². The van der Waals surface area contributed by atoms with Gasteiger partial charge >= 0.3 is 162 Å². The number of hydrogen-bond donors (Lipinski definition) is 0. The zero-order chi connectivity index (χ0) is 16.3. The van der Waals surface area contributed by atoms with Crippen LogP contribution in [0.4, 0.5) is 0 Å². The van der Waals surface area contributed by atoms with Gasteiger partial charge in [0.2, 0.25) is 0 Å². The zero-order valence-corrected chi connectivity index (χ0v) is 19.7. The summed E-state index contributed by atoms with van der Waals surface area (Å²) in [5.74, 6) is 0. The van der Waals surface area contributed by atoms with Gasteiger partial charge in [0.15, 0.2) is 0 Å². The molecule has 3 aliphatic rings. The maximum absolute atomic E-state index is 3.76.